The van der Waals surface area contributed by atoms with E-state index >= 15 is 0 Å². The second-order valence-corrected chi connectivity index (χ2v) is 6.12. The lowest BCUT2D eigenvalue weighted by molar-refractivity contribution is 1.29. The fraction of sp³-hybridized carbons (Fsp3) is 0.125. The normalized spacial score (nSPS) is 12.1. The minimum absolute atomic E-state index is 1.11. The van der Waals surface area contributed by atoms with Crippen molar-refractivity contribution in [1.82, 2.24) is 0 Å². The first-order valence-electron chi connectivity index (χ1n) is 5.88. The predicted molar refractivity (Wildman–Crippen MR) is 97.2 cm³/mol. The van der Waals surface area contributed by atoms with Gasteiger partial charge in [-0.15, -0.1) is 0 Å². The molecule has 0 nitrogen and oxygen atoms in total. The quantitative estimate of drug-likeness (QED) is 0.307. The van der Waals surface area contributed by atoms with Crippen LogP contribution >= 0.6 is 45.2 Å². The SMILES string of the molecule is ICC/C(=C(/I)c1ccccc1)c1ccccc1. The summed E-state index contributed by atoms with van der Waals surface area (Å²) < 4.78 is 2.50. The summed E-state index contributed by atoms with van der Waals surface area (Å²) in [5.74, 6) is 0. The fourth-order valence-electron chi connectivity index (χ4n) is 1.87. The van der Waals surface area contributed by atoms with Crippen LogP contribution in [0, 0.1) is 0 Å². The molecule has 0 atom stereocenters. The summed E-state index contributed by atoms with van der Waals surface area (Å²) in [6, 6.07) is 21.3. The molecule has 92 valence electrons. The lowest BCUT2D eigenvalue weighted by Gasteiger charge is -2.11. The number of halogens is 2. The Balaban J connectivity index is 2.47. The van der Waals surface area contributed by atoms with Gasteiger partial charge in [0.1, 0.15) is 0 Å². The fourth-order valence-corrected chi connectivity index (χ4v) is 3.35. The second-order valence-electron chi connectivity index (χ2n) is 3.96. The van der Waals surface area contributed by atoms with Crippen molar-refractivity contribution in [3.8, 4) is 0 Å². The van der Waals surface area contributed by atoms with Crippen molar-refractivity contribution in [3.63, 3.8) is 0 Å². The minimum Gasteiger partial charge on any atom is -0.0860 e. The van der Waals surface area contributed by atoms with Gasteiger partial charge in [0.15, 0.2) is 0 Å². The van der Waals surface area contributed by atoms with Crippen LogP contribution in [-0.4, -0.2) is 4.43 Å². The Morgan fingerprint density at radius 1 is 0.778 bits per heavy atom. The van der Waals surface area contributed by atoms with Crippen molar-refractivity contribution in [3.05, 3.63) is 71.8 Å². The van der Waals surface area contributed by atoms with Gasteiger partial charge in [-0.05, 0) is 45.7 Å². The molecule has 0 unspecified atom stereocenters. The van der Waals surface area contributed by atoms with Gasteiger partial charge in [-0.3, -0.25) is 0 Å². The van der Waals surface area contributed by atoms with E-state index in [9.17, 15) is 0 Å². The second kappa shape index (κ2) is 7.28. The molecule has 2 heteroatoms. The smallest absolute Gasteiger partial charge is 0.0241 e. The van der Waals surface area contributed by atoms with Crippen LogP contribution in [0.5, 0.6) is 0 Å². The molecule has 0 amide bonds. The van der Waals surface area contributed by atoms with E-state index in [0.29, 0.717) is 0 Å². The summed E-state index contributed by atoms with van der Waals surface area (Å²) in [5, 5.41) is 0. The van der Waals surface area contributed by atoms with Crippen LogP contribution < -0.4 is 0 Å². The molecule has 0 radical (unpaired) electrons. The molecule has 0 N–H and O–H groups in total. The third kappa shape index (κ3) is 3.57. The van der Waals surface area contributed by atoms with Crippen molar-refractivity contribution in [2.75, 3.05) is 4.43 Å². The standard InChI is InChI=1S/C16H14I2/c17-12-11-15(13-7-3-1-4-8-13)16(18)14-9-5-2-6-10-14/h1-10H,11-12H2/b16-15-. The van der Waals surface area contributed by atoms with E-state index in [2.05, 4.69) is 106 Å². The minimum atomic E-state index is 1.11. The summed E-state index contributed by atoms with van der Waals surface area (Å²) in [6.07, 6.45) is 1.11. The number of alkyl halides is 1. The van der Waals surface area contributed by atoms with Crippen molar-refractivity contribution < 1.29 is 0 Å². The molecule has 0 aliphatic rings. The molecule has 0 bridgehead atoms. The molecular formula is C16H14I2. The Labute approximate surface area is 136 Å². The van der Waals surface area contributed by atoms with E-state index in [4.69, 9.17) is 0 Å². The van der Waals surface area contributed by atoms with E-state index in [0.717, 1.165) is 10.8 Å². The molecule has 0 spiro atoms. The molecule has 0 aliphatic heterocycles. The van der Waals surface area contributed by atoms with Crippen LogP contribution in [-0.2, 0) is 0 Å². The van der Waals surface area contributed by atoms with Gasteiger partial charge in [0.2, 0.25) is 0 Å². The molecule has 0 heterocycles. The molecule has 0 aliphatic carbocycles. The zero-order valence-corrected chi connectivity index (χ0v) is 14.3. The van der Waals surface area contributed by atoms with E-state index in [1.165, 1.54) is 20.3 Å². The molecule has 2 aromatic rings. The van der Waals surface area contributed by atoms with Gasteiger partial charge in [-0.1, -0.05) is 83.3 Å². The number of hydrogen-bond acceptors (Lipinski definition) is 0. The molecule has 0 fully saturated rings. The summed E-state index contributed by atoms with van der Waals surface area (Å²) in [4.78, 5) is 0. The first kappa shape index (κ1) is 14.1. The Morgan fingerprint density at radius 3 is 1.78 bits per heavy atom. The van der Waals surface area contributed by atoms with Crippen LogP contribution in [0.1, 0.15) is 17.5 Å². The van der Waals surface area contributed by atoms with Crippen LogP contribution in [0.3, 0.4) is 0 Å². The lowest BCUT2D eigenvalue weighted by atomic mass is 10.0. The third-order valence-corrected chi connectivity index (χ3v) is 4.57. The van der Waals surface area contributed by atoms with Crippen molar-refractivity contribution in [1.29, 1.82) is 0 Å². The maximum Gasteiger partial charge on any atom is 0.0241 e. The summed E-state index contributed by atoms with van der Waals surface area (Å²) in [5.41, 5.74) is 4.08. The highest BCUT2D eigenvalue weighted by Crippen LogP contribution is 2.34. The largest absolute Gasteiger partial charge is 0.0860 e. The molecule has 0 aromatic heterocycles. The van der Waals surface area contributed by atoms with Crippen molar-refractivity contribution in [2.45, 2.75) is 6.42 Å². The Hall–Kier alpha value is -0.360. The Kier molecular flexibility index (Phi) is 5.69. The highest BCUT2D eigenvalue weighted by Gasteiger charge is 2.08. The molecule has 0 saturated carbocycles. The van der Waals surface area contributed by atoms with E-state index in [1.54, 1.807) is 0 Å². The third-order valence-electron chi connectivity index (χ3n) is 2.76. The lowest BCUT2D eigenvalue weighted by Crippen LogP contribution is -1.89. The van der Waals surface area contributed by atoms with Gasteiger partial charge < -0.3 is 0 Å². The molecule has 2 rings (SSSR count). The summed E-state index contributed by atoms with van der Waals surface area (Å²) >= 11 is 4.92. The van der Waals surface area contributed by atoms with Gasteiger partial charge >= 0.3 is 0 Å². The average molecular weight is 460 g/mol. The Morgan fingerprint density at radius 2 is 1.28 bits per heavy atom. The maximum absolute atomic E-state index is 2.47. The predicted octanol–water partition coefficient (Wildman–Crippen LogP) is 5.82. The van der Waals surface area contributed by atoms with E-state index in [-0.39, 0.29) is 0 Å². The topological polar surface area (TPSA) is 0 Å². The van der Waals surface area contributed by atoms with Crippen LogP contribution in [0.4, 0.5) is 0 Å². The zero-order valence-electron chi connectivity index (χ0n) is 9.94. The van der Waals surface area contributed by atoms with Gasteiger partial charge in [-0.2, -0.15) is 0 Å². The first-order valence-corrected chi connectivity index (χ1v) is 8.49. The van der Waals surface area contributed by atoms with Crippen molar-refractivity contribution in [2.24, 2.45) is 0 Å². The molecular weight excluding hydrogens is 446 g/mol. The number of rotatable bonds is 4. The molecule has 0 saturated heterocycles. The van der Waals surface area contributed by atoms with E-state index in [1.807, 2.05) is 0 Å². The monoisotopic (exact) mass is 460 g/mol. The maximum atomic E-state index is 2.47. The zero-order chi connectivity index (χ0) is 12.8. The average Bonchev–Trinajstić information content (AvgIpc) is 2.46. The first-order chi connectivity index (χ1) is 8.83. The molecule has 2 aromatic carbocycles. The van der Waals surface area contributed by atoms with Crippen molar-refractivity contribution >= 4 is 54.3 Å². The van der Waals surface area contributed by atoms with Gasteiger partial charge in [0, 0.05) is 8.01 Å². The number of benzene rings is 2. The highest BCUT2D eigenvalue weighted by molar-refractivity contribution is 14.1. The van der Waals surface area contributed by atoms with Gasteiger partial charge in [0.05, 0.1) is 0 Å². The Bertz CT molecular complexity index is 515. The van der Waals surface area contributed by atoms with Gasteiger partial charge in [-0.25, -0.2) is 0 Å². The highest BCUT2D eigenvalue weighted by atomic mass is 127. The summed E-state index contributed by atoms with van der Waals surface area (Å²) in [7, 11) is 0. The number of hydrogen-bond donors (Lipinski definition) is 0. The summed E-state index contributed by atoms with van der Waals surface area (Å²) in [6.45, 7) is 0. The van der Waals surface area contributed by atoms with Crippen LogP contribution in [0.25, 0.3) is 9.15 Å². The van der Waals surface area contributed by atoms with Crippen LogP contribution in [0.2, 0.25) is 0 Å². The molecule has 18 heavy (non-hydrogen) atoms. The van der Waals surface area contributed by atoms with Crippen LogP contribution in [0.15, 0.2) is 60.7 Å². The van der Waals surface area contributed by atoms with E-state index < -0.39 is 0 Å². The van der Waals surface area contributed by atoms with Gasteiger partial charge in [0.25, 0.3) is 0 Å². The number of allylic oxidation sites excluding steroid dienone is 1.